The van der Waals surface area contributed by atoms with E-state index >= 15 is 0 Å². The Morgan fingerprint density at radius 1 is 0.520 bits per heavy atom. The maximum absolute atomic E-state index is 2.29. The van der Waals surface area contributed by atoms with Gasteiger partial charge in [-0.2, -0.15) is 0 Å². The minimum atomic E-state index is 1.14. The monoisotopic (exact) mass is 320 g/mol. The van der Waals surface area contributed by atoms with E-state index in [1.54, 1.807) is 0 Å². The van der Waals surface area contributed by atoms with E-state index in [1.165, 1.54) is 50.1 Å². The second-order valence-electron chi connectivity index (χ2n) is 6.98. The van der Waals surface area contributed by atoms with E-state index in [1.807, 2.05) is 0 Å². The molecule has 0 aliphatic heterocycles. The van der Waals surface area contributed by atoms with Gasteiger partial charge in [0.25, 0.3) is 0 Å². The molecular formula is C25H20. The quantitative estimate of drug-likeness (QED) is 0.504. The molecule has 25 heavy (non-hydrogen) atoms. The third kappa shape index (κ3) is 2.21. The third-order valence-corrected chi connectivity index (χ3v) is 5.46. The smallest absolute Gasteiger partial charge is 0.00667 e. The second kappa shape index (κ2) is 5.60. The Balaban J connectivity index is 1.79. The summed E-state index contributed by atoms with van der Waals surface area (Å²) in [4.78, 5) is 0. The van der Waals surface area contributed by atoms with Crippen LogP contribution in [0.1, 0.15) is 40.7 Å². The largest absolute Gasteiger partial charge is 0.0622 e. The molecule has 0 fully saturated rings. The van der Waals surface area contributed by atoms with E-state index in [0.717, 1.165) is 12.8 Å². The lowest BCUT2D eigenvalue weighted by Gasteiger charge is -2.09. The van der Waals surface area contributed by atoms with Crippen LogP contribution < -0.4 is 0 Å². The number of hydrogen-bond donors (Lipinski definition) is 0. The normalized spacial score (nSPS) is 15.6. The zero-order valence-electron chi connectivity index (χ0n) is 14.4. The molecule has 3 aromatic rings. The van der Waals surface area contributed by atoms with E-state index < -0.39 is 0 Å². The third-order valence-electron chi connectivity index (χ3n) is 5.46. The summed E-state index contributed by atoms with van der Waals surface area (Å²) < 4.78 is 0. The molecule has 0 heterocycles. The van der Waals surface area contributed by atoms with Crippen LogP contribution in [-0.4, -0.2) is 0 Å². The van der Waals surface area contributed by atoms with Crippen molar-refractivity contribution in [2.24, 2.45) is 0 Å². The van der Waals surface area contributed by atoms with Gasteiger partial charge in [0.1, 0.15) is 0 Å². The molecule has 0 unspecified atom stereocenters. The summed E-state index contributed by atoms with van der Waals surface area (Å²) in [6.07, 6.45) is 2.27. The molecule has 0 atom stereocenters. The molecule has 0 N–H and O–H groups in total. The van der Waals surface area contributed by atoms with Gasteiger partial charge in [-0.25, -0.2) is 0 Å². The molecule has 0 heteroatoms. The van der Waals surface area contributed by atoms with Crippen LogP contribution in [0.5, 0.6) is 0 Å². The summed E-state index contributed by atoms with van der Waals surface area (Å²) >= 11 is 0. The average Bonchev–Trinajstić information content (AvgIpc) is 3.22. The van der Waals surface area contributed by atoms with Gasteiger partial charge in [0.2, 0.25) is 0 Å². The van der Waals surface area contributed by atoms with Gasteiger partial charge < -0.3 is 0 Å². The number of rotatable bonds is 2. The van der Waals surface area contributed by atoms with Gasteiger partial charge >= 0.3 is 0 Å². The Hall–Kier alpha value is -2.86. The van der Waals surface area contributed by atoms with Gasteiger partial charge in [0.15, 0.2) is 0 Å². The molecule has 5 rings (SSSR count). The first-order valence-electron chi connectivity index (χ1n) is 9.02. The lowest BCUT2D eigenvalue weighted by atomic mass is 9.95. The summed E-state index contributed by atoms with van der Waals surface area (Å²) in [7, 11) is 0. The van der Waals surface area contributed by atoms with Gasteiger partial charge in [-0.05, 0) is 64.3 Å². The number of allylic oxidation sites excluding steroid dienone is 3. The topological polar surface area (TPSA) is 0 Å². The predicted molar refractivity (Wildman–Crippen MR) is 106 cm³/mol. The second-order valence-corrected chi connectivity index (χ2v) is 6.98. The molecule has 120 valence electrons. The van der Waals surface area contributed by atoms with Crippen LogP contribution in [-0.2, 0) is 0 Å². The van der Waals surface area contributed by atoms with Crippen molar-refractivity contribution >= 4 is 16.7 Å². The first-order valence-corrected chi connectivity index (χ1v) is 9.02. The first-order chi connectivity index (χ1) is 12.3. The molecule has 0 saturated heterocycles. The van der Waals surface area contributed by atoms with Crippen LogP contribution in [0.2, 0.25) is 0 Å². The molecule has 0 spiro atoms. The highest BCUT2D eigenvalue weighted by Gasteiger charge is 2.33. The van der Waals surface area contributed by atoms with Gasteiger partial charge in [-0.15, -0.1) is 0 Å². The Bertz CT molecular complexity index is 1020. The summed E-state index contributed by atoms with van der Waals surface area (Å²) in [5.74, 6) is 0. The summed E-state index contributed by atoms with van der Waals surface area (Å²) in [5, 5.41) is 0. The fourth-order valence-corrected chi connectivity index (χ4v) is 4.32. The summed E-state index contributed by atoms with van der Waals surface area (Å²) in [6.45, 7) is 2.15. The van der Waals surface area contributed by atoms with E-state index in [2.05, 4.69) is 85.8 Å². The van der Waals surface area contributed by atoms with Gasteiger partial charge in [0, 0.05) is 0 Å². The highest BCUT2D eigenvalue weighted by Crippen LogP contribution is 2.54. The Labute approximate surface area is 149 Å². The molecule has 0 saturated carbocycles. The molecule has 3 aromatic carbocycles. The van der Waals surface area contributed by atoms with E-state index in [0.29, 0.717) is 0 Å². The standard InChI is InChI=1S/C25H20/c1-17-11-13-19(14-12-17)24-21-9-5-6-10-22(21)25-20(15-16-23(24)25)18-7-3-2-4-8-18/h2-14H,15-16H2,1H3. The molecule has 2 aliphatic carbocycles. The van der Waals surface area contributed by atoms with Crippen molar-refractivity contribution in [2.75, 3.05) is 0 Å². The minimum Gasteiger partial charge on any atom is -0.0622 e. The molecular weight excluding hydrogens is 300 g/mol. The summed E-state index contributed by atoms with van der Waals surface area (Å²) in [6, 6.07) is 28.8. The Morgan fingerprint density at radius 3 is 1.84 bits per heavy atom. The van der Waals surface area contributed by atoms with Crippen molar-refractivity contribution < 1.29 is 0 Å². The van der Waals surface area contributed by atoms with Crippen molar-refractivity contribution in [3.63, 3.8) is 0 Å². The molecule has 0 aromatic heterocycles. The van der Waals surface area contributed by atoms with Crippen LogP contribution in [0.15, 0.2) is 84.4 Å². The average molecular weight is 320 g/mol. The number of hydrogen-bond acceptors (Lipinski definition) is 0. The zero-order chi connectivity index (χ0) is 16.8. The van der Waals surface area contributed by atoms with Gasteiger partial charge in [-0.1, -0.05) is 84.4 Å². The maximum atomic E-state index is 2.29. The fraction of sp³-hybridized carbons (Fsp3) is 0.120. The lowest BCUT2D eigenvalue weighted by molar-refractivity contribution is 1.08. The number of fused-ring (bicyclic) bond motifs is 3. The minimum absolute atomic E-state index is 1.14. The molecule has 0 bridgehead atoms. The highest BCUT2D eigenvalue weighted by molar-refractivity contribution is 6.14. The van der Waals surface area contributed by atoms with Crippen LogP contribution in [0, 0.1) is 6.92 Å². The molecule has 2 aliphatic rings. The van der Waals surface area contributed by atoms with E-state index in [-0.39, 0.29) is 0 Å². The van der Waals surface area contributed by atoms with Crippen LogP contribution in [0.25, 0.3) is 16.7 Å². The first kappa shape index (κ1) is 14.5. The zero-order valence-corrected chi connectivity index (χ0v) is 14.4. The number of aryl methyl sites for hydroxylation is 1. The van der Waals surface area contributed by atoms with Crippen molar-refractivity contribution in [3.05, 3.63) is 112 Å². The van der Waals surface area contributed by atoms with E-state index in [4.69, 9.17) is 0 Å². The maximum Gasteiger partial charge on any atom is -0.00667 e. The Morgan fingerprint density at radius 2 is 1.12 bits per heavy atom. The van der Waals surface area contributed by atoms with Crippen molar-refractivity contribution in [1.82, 2.24) is 0 Å². The van der Waals surface area contributed by atoms with E-state index in [9.17, 15) is 0 Å². The lowest BCUT2D eigenvalue weighted by Crippen LogP contribution is -1.89. The molecule has 0 radical (unpaired) electrons. The molecule has 0 amide bonds. The number of benzene rings is 3. The van der Waals surface area contributed by atoms with Crippen LogP contribution in [0.4, 0.5) is 0 Å². The SMILES string of the molecule is Cc1ccc(C2=C3CCC(c4ccccc4)=C3c3ccccc32)cc1. The van der Waals surface area contributed by atoms with Crippen molar-refractivity contribution in [2.45, 2.75) is 19.8 Å². The van der Waals surface area contributed by atoms with Crippen molar-refractivity contribution in [1.29, 1.82) is 0 Å². The highest BCUT2D eigenvalue weighted by atomic mass is 14.4. The summed E-state index contributed by atoms with van der Waals surface area (Å²) in [5.41, 5.74) is 12.8. The fourth-order valence-electron chi connectivity index (χ4n) is 4.32. The van der Waals surface area contributed by atoms with Gasteiger partial charge in [0.05, 0.1) is 0 Å². The van der Waals surface area contributed by atoms with Gasteiger partial charge in [-0.3, -0.25) is 0 Å². The Kier molecular flexibility index (Phi) is 3.24. The predicted octanol–water partition coefficient (Wildman–Crippen LogP) is 6.52. The molecule has 0 nitrogen and oxygen atoms in total. The van der Waals surface area contributed by atoms with Crippen molar-refractivity contribution in [3.8, 4) is 0 Å². The van der Waals surface area contributed by atoms with Crippen LogP contribution >= 0.6 is 0 Å². The van der Waals surface area contributed by atoms with Crippen LogP contribution in [0.3, 0.4) is 0 Å².